The molecule has 0 aliphatic carbocycles. The van der Waals surface area contributed by atoms with E-state index in [1.807, 2.05) is 0 Å². The van der Waals surface area contributed by atoms with Gasteiger partial charge in [0.1, 0.15) is 0 Å². The Labute approximate surface area is 136 Å². The summed E-state index contributed by atoms with van der Waals surface area (Å²) < 4.78 is 0. The lowest BCUT2D eigenvalue weighted by atomic mass is 9.94. The zero-order valence-electron chi connectivity index (χ0n) is 15.2. The molecule has 1 aliphatic heterocycles. The Morgan fingerprint density at radius 3 is 2.73 bits per heavy atom. The van der Waals surface area contributed by atoms with Crippen LogP contribution in [0.1, 0.15) is 51.2 Å². The van der Waals surface area contributed by atoms with E-state index in [9.17, 15) is 0 Å². The summed E-state index contributed by atoms with van der Waals surface area (Å²) in [6.45, 7) is 14.6. The van der Waals surface area contributed by atoms with Crippen LogP contribution in [-0.4, -0.2) is 37.6 Å². The summed E-state index contributed by atoms with van der Waals surface area (Å²) in [5, 5.41) is 0. The molecule has 2 unspecified atom stereocenters. The number of rotatable bonds is 6. The molecule has 0 spiro atoms. The summed E-state index contributed by atoms with van der Waals surface area (Å²) in [7, 11) is 2.26. The van der Waals surface area contributed by atoms with E-state index in [0.29, 0.717) is 12.0 Å². The van der Waals surface area contributed by atoms with E-state index in [4.69, 9.17) is 0 Å². The molecule has 0 saturated heterocycles. The maximum absolute atomic E-state index is 2.59. The smallest absolute Gasteiger partial charge is 0.0408 e. The summed E-state index contributed by atoms with van der Waals surface area (Å²) in [6, 6.07) is 7.54. The Morgan fingerprint density at radius 2 is 2.09 bits per heavy atom. The SMILES string of the molecule is C/C=C(\C)CN1c2ccc(C)cc2C(CN(C)CCC)C1C. The second-order valence-corrected chi connectivity index (χ2v) is 6.93. The second kappa shape index (κ2) is 7.32. The van der Waals surface area contributed by atoms with Gasteiger partial charge in [-0.05, 0) is 59.3 Å². The lowest BCUT2D eigenvalue weighted by molar-refractivity contribution is 0.301. The molecule has 1 aromatic rings. The number of hydrogen-bond acceptors (Lipinski definition) is 2. The summed E-state index contributed by atoms with van der Waals surface area (Å²) in [5.41, 5.74) is 5.80. The zero-order chi connectivity index (χ0) is 16.3. The third-order valence-electron chi connectivity index (χ3n) is 4.99. The molecule has 0 radical (unpaired) electrons. The normalized spacial score (nSPS) is 21.6. The zero-order valence-corrected chi connectivity index (χ0v) is 15.2. The van der Waals surface area contributed by atoms with Crippen LogP contribution in [0.4, 0.5) is 5.69 Å². The average molecular weight is 300 g/mol. The minimum Gasteiger partial charge on any atom is -0.364 e. The van der Waals surface area contributed by atoms with Crippen molar-refractivity contribution in [3.8, 4) is 0 Å². The Balaban J connectivity index is 2.30. The quantitative estimate of drug-likeness (QED) is 0.709. The van der Waals surface area contributed by atoms with Crippen molar-refractivity contribution in [2.75, 3.05) is 31.6 Å². The lowest BCUT2D eigenvalue weighted by Gasteiger charge is -2.29. The van der Waals surface area contributed by atoms with Crippen LogP contribution in [0.3, 0.4) is 0 Å². The van der Waals surface area contributed by atoms with Gasteiger partial charge in [0, 0.05) is 30.7 Å². The number of anilines is 1. The van der Waals surface area contributed by atoms with E-state index in [2.05, 4.69) is 75.7 Å². The molecule has 22 heavy (non-hydrogen) atoms. The summed E-state index contributed by atoms with van der Waals surface area (Å²) in [4.78, 5) is 5.08. The first-order chi connectivity index (χ1) is 10.5. The Kier molecular flexibility index (Phi) is 5.69. The molecule has 2 atom stereocenters. The molecule has 0 bridgehead atoms. The topological polar surface area (TPSA) is 6.48 Å². The van der Waals surface area contributed by atoms with Crippen LogP contribution >= 0.6 is 0 Å². The van der Waals surface area contributed by atoms with Gasteiger partial charge in [0.15, 0.2) is 0 Å². The highest BCUT2D eigenvalue weighted by atomic mass is 15.2. The van der Waals surface area contributed by atoms with Gasteiger partial charge in [-0.3, -0.25) is 0 Å². The van der Waals surface area contributed by atoms with Crippen molar-refractivity contribution >= 4 is 5.69 Å². The highest BCUT2D eigenvalue weighted by molar-refractivity contribution is 5.63. The van der Waals surface area contributed by atoms with Gasteiger partial charge in [0.25, 0.3) is 0 Å². The van der Waals surface area contributed by atoms with Gasteiger partial charge >= 0.3 is 0 Å². The summed E-state index contributed by atoms with van der Waals surface area (Å²) >= 11 is 0. The van der Waals surface area contributed by atoms with Crippen molar-refractivity contribution in [3.63, 3.8) is 0 Å². The van der Waals surface area contributed by atoms with Crippen molar-refractivity contribution in [1.29, 1.82) is 0 Å². The van der Waals surface area contributed by atoms with Crippen LogP contribution in [0, 0.1) is 6.92 Å². The second-order valence-electron chi connectivity index (χ2n) is 6.93. The van der Waals surface area contributed by atoms with Gasteiger partial charge in [-0.1, -0.05) is 36.3 Å². The van der Waals surface area contributed by atoms with Crippen molar-refractivity contribution in [3.05, 3.63) is 41.0 Å². The van der Waals surface area contributed by atoms with E-state index >= 15 is 0 Å². The highest BCUT2D eigenvalue weighted by Gasteiger charge is 2.35. The third kappa shape index (κ3) is 3.55. The molecular weight excluding hydrogens is 268 g/mol. The van der Waals surface area contributed by atoms with Crippen molar-refractivity contribution < 1.29 is 0 Å². The summed E-state index contributed by atoms with van der Waals surface area (Å²) in [6.07, 6.45) is 3.46. The highest BCUT2D eigenvalue weighted by Crippen LogP contribution is 2.42. The fourth-order valence-electron chi connectivity index (χ4n) is 3.58. The lowest BCUT2D eigenvalue weighted by Crippen LogP contribution is -2.37. The standard InChI is InChI=1S/C20H32N2/c1-7-11-21(6)14-19-17(5)22(13-15(3)8-2)20-10-9-16(4)12-18(19)20/h8-10,12,17,19H,7,11,13-14H2,1-6H3/b15-8+. The Bertz CT molecular complexity index is 533. The first kappa shape index (κ1) is 17.1. The maximum atomic E-state index is 2.59. The van der Waals surface area contributed by atoms with Crippen LogP contribution in [0.25, 0.3) is 0 Å². The molecule has 1 heterocycles. The van der Waals surface area contributed by atoms with Crippen molar-refractivity contribution in [1.82, 2.24) is 4.90 Å². The van der Waals surface area contributed by atoms with Gasteiger partial charge in [-0.2, -0.15) is 0 Å². The molecule has 2 nitrogen and oxygen atoms in total. The molecule has 122 valence electrons. The van der Waals surface area contributed by atoms with E-state index in [1.54, 1.807) is 5.56 Å². The fourth-order valence-corrected chi connectivity index (χ4v) is 3.58. The van der Waals surface area contributed by atoms with Gasteiger partial charge < -0.3 is 9.80 Å². The van der Waals surface area contributed by atoms with Gasteiger partial charge in [-0.25, -0.2) is 0 Å². The molecular formula is C20H32N2. The minimum atomic E-state index is 0.561. The monoisotopic (exact) mass is 300 g/mol. The largest absolute Gasteiger partial charge is 0.364 e. The number of aryl methyl sites for hydroxylation is 1. The average Bonchev–Trinajstić information content (AvgIpc) is 2.72. The number of allylic oxidation sites excluding steroid dienone is 1. The number of nitrogens with zero attached hydrogens (tertiary/aromatic N) is 2. The van der Waals surface area contributed by atoms with Crippen LogP contribution in [-0.2, 0) is 0 Å². The molecule has 2 rings (SSSR count). The molecule has 0 saturated carbocycles. The number of hydrogen-bond donors (Lipinski definition) is 0. The summed E-state index contributed by atoms with van der Waals surface area (Å²) in [5.74, 6) is 0.608. The van der Waals surface area contributed by atoms with Gasteiger partial charge in [0.2, 0.25) is 0 Å². The molecule has 1 aliphatic rings. The van der Waals surface area contributed by atoms with E-state index in [-0.39, 0.29) is 0 Å². The van der Waals surface area contributed by atoms with Gasteiger partial charge in [0.05, 0.1) is 0 Å². The Morgan fingerprint density at radius 1 is 1.36 bits per heavy atom. The van der Waals surface area contributed by atoms with Crippen LogP contribution in [0.2, 0.25) is 0 Å². The molecule has 0 aromatic heterocycles. The van der Waals surface area contributed by atoms with E-state index < -0.39 is 0 Å². The molecule has 2 heteroatoms. The molecule has 0 fully saturated rings. The third-order valence-corrected chi connectivity index (χ3v) is 4.99. The first-order valence-electron chi connectivity index (χ1n) is 8.65. The van der Waals surface area contributed by atoms with E-state index in [0.717, 1.165) is 13.1 Å². The molecule has 0 N–H and O–H groups in total. The number of likely N-dealkylation sites (N-methyl/N-ethyl adjacent to an activating group) is 1. The predicted octanol–water partition coefficient (Wildman–Crippen LogP) is 4.60. The fraction of sp³-hybridized carbons (Fsp3) is 0.600. The maximum Gasteiger partial charge on any atom is 0.0408 e. The van der Waals surface area contributed by atoms with Crippen LogP contribution in [0.5, 0.6) is 0 Å². The van der Waals surface area contributed by atoms with Crippen LogP contribution in [0.15, 0.2) is 29.8 Å². The van der Waals surface area contributed by atoms with Crippen molar-refractivity contribution in [2.45, 2.75) is 53.0 Å². The Hall–Kier alpha value is -1.28. The predicted molar refractivity (Wildman–Crippen MR) is 97.9 cm³/mol. The number of benzene rings is 1. The van der Waals surface area contributed by atoms with Gasteiger partial charge in [-0.15, -0.1) is 0 Å². The molecule has 0 amide bonds. The van der Waals surface area contributed by atoms with Crippen LogP contribution < -0.4 is 4.90 Å². The minimum absolute atomic E-state index is 0.561. The first-order valence-corrected chi connectivity index (χ1v) is 8.65. The van der Waals surface area contributed by atoms with E-state index in [1.165, 1.54) is 29.8 Å². The number of fused-ring (bicyclic) bond motifs is 1. The van der Waals surface area contributed by atoms with Crippen molar-refractivity contribution in [2.24, 2.45) is 0 Å². The molecule has 1 aromatic carbocycles.